The first-order valence-electron chi connectivity index (χ1n) is 6.48. The molecule has 1 amide bonds. The van der Waals surface area contributed by atoms with E-state index < -0.39 is 17.5 Å². The van der Waals surface area contributed by atoms with Crippen LogP contribution in [0.15, 0.2) is 29.4 Å². The van der Waals surface area contributed by atoms with Crippen molar-refractivity contribution in [3.63, 3.8) is 0 Å². The van der Waals surface area contributed by atoms with Crippen LogP contribution in [0.4, 0.5) is 0 Å². The molecule has 1 N–H and O–H groups in total. The quantitative estimate of drug-likeness (QED) is 0.383. The molecule has 0 atom stereocenters. The zero-order valence-electron chi connectivity index (χ0n) is 12.6. The van der Waals surface area contributed by atoms with Crippen molar-refractivity contribution in [3.8, 4) is 11.8 Å². The zero-order chi connectivity index (χ0) is 16.6. The van der Waals surface area contributed by atoms with Gasteiger partial charge in [0.25, 0.3) is 0 Å². The maximum Gasteiger partial charge on any atom is 0.344 e. The van der Waals surface area contributed by atoms with Gasteiger partial charge in [0.05, 0.1) is 6.21 Å². The molecule has 116 valence electrons. The molecule has 0 aliphatic carbocycles. The van der Waals surface area contributed by atoms with Crippen molar-refractivity contribution in [3.05, 3.63) is 29.8 Å². The van der Waals surface area contributed by atoms with Crippen LogP contribution >= 0.6 is 0 Å². The Labute approximate surface area is 128 Å². The highest BCUT2D eigenvalue weighted by molar-refractivity contribution is 5.92. The Morgan fingerprint density at radius 3 is 2.50 bits per heavy atom. The third-order valence-corrected chi connectivity index (χ3v) is 2.14. The van der Waals surface area contributed by atoms with E-state index in [1.807, 2.05) is 5.43 Å². The van der Waals surface area contributed by atoms with Gasteiger partial charge in [0.2, 0.25) is 0 Å². The molecule has 0 spiro atoms. The summed E-state index contributed by atoms with van der Waals surface area (Å²) in [7, 11) is 0. The second-order valence-corrected chi connectivity index (χ2v) is 5.26. The van der Waals surface area contributed by atoms with Crippen molar-refractivity contribution < 1.29 is 19.1 Å². The van der Waals surface area contributed by atoms with Crippen molar-refractivity contribution in [1.29, 1.82) is 5.26 Å². The standard InChI is InChI=1S/C15H17N3O4/c1-15(2,3)22-14(20)10-21-12-6-4-11(5-7-12)9-17-18-13(19)8-16/h4-7,9H,10H2,1-3H3,(H,18,19)/b17-9-. The summed E-state index contributed by atoms with van der Waals surface area (Å²) in [6.07, 6.45) is 1.38. The number of esters is 1. The SMILES string of the molecule is CC(C)(C)OC(=O)COc1ccc(/C=N\NC(=O)C#N)cc1. The molecule has 0 saturated carbocycles. The highest BCUT2D eigenvalue weighted by Crippen LogP contribution is 2.12. The second kappa shape index (κ2) is 7.78. The van der Waals surface area contributed by atoms with Crippen LogP contribution in [-0.4, -0.2) is 30.3 Å². The maximum atomic E-state index is 11.5. The molecule has 0 radical (unpaired) electrons. The molecule has 22 heavy (non-hydrogen) atoms. The van der Waals surface area contributed by atoms with Crippen molar-refractivity contribution in [1.82, 2.24) is 5.43 Å². The zero-order valence-corrected chi connectivity index (χ0v) is 12.6. The lowest BCUT2D eigenvalue weighted by Gasteiger charge is -2.19. The Morgan fingerprint density at radius 1 is 1.32 bits per heavy atom. The molecule has 1 aromatic rings. The summed E-state index contributed by atoms with van der Waals surface area (Å²) in [6, 6.07) is 8.05. The predicted molar refractivity (Wildman–Crippen MR) is 79.1 cm³/mol. The van der Waals surface area contributed by atoms with Crippen molar-refractivity contribution in [2.24, 2.45) is 5.10 Å². The fourth-order valence-electron chi connectivity index (χ4n) is 1.35. The molecule has 0 unspecified atom stereocenters. The smallest absolute Gasteiger partial charge is 0.344 e. The maximum absolute atomic E-state index is 11.5. The lowest BCUT2D eigenvalue weighted by atomic mass is 10.2. The summed E-state index contributed by atoms with van der Waals surface area (Å²) in [4.78, 5) is 22.2. The van der Waals surface area contributed by atoms with Crippen molar-refractivity contribution in [2.45, 2.75) is 26.4 Å². The van der Waals surface area contributed by atoms with E-state index >= 15 is 0 Å². The van der Waals surface area contributed by atoms with Crippen LogP contribution in [0, 0.1) is 11.3 Å². The molecule has 0 aromatic heterocycles. The van der Waals surface area contributed by atoms with E-state index in [0.717, 1.165) is 0 Å². The topological polar surface area (TPSA) is 101 Å². The minimum absolute atomic E-state index is 0.178. The average molecular weight is 303 g/mol. The lowest BCUT2D eigenvalue weighted by Crippen LogP contribution is -2.27. The number of carbonyl (C=O) groups excluding carboxylic acids is 2. The number of hydrogen-bond acceptors (Lipinski definition) is 6. The summed E-state index contributed by atoms with van der Waals surface area (Å²) < 4.78 is 10.4. The van der Waals surface area contributed by atoms with E-state index in [-0.39, 0.29) is 6.61 Å². The predicted octanol–water partition coefficient (Wildman–Crippen LogP) is 1.38. The average Bonchev–Trinajstić information content (AvgIpc) is 2.44. The number of hydrazone groups is 1. The van der Waals surface area contributed by atoms with Crippen LogP contribution in [-0.2, 0) is 14.3 Å². The van der Waals surface area contributed by atoms with Crippen LogP contribution < -0.4 is 10.2 Å². The highest BCUT2D eigenvalue weighted by atomic mass is 16.6. The molecular weight excluding hydrogens is 286 g/mol. The molecule has 1 rings (SSSR count). The Balaban J connectivity index is 2.47. The van der Waals surface area contributed by atoms with Crippen LogP contribution in [0.3, 0.4) is 0 Å². The molecule has 7 nitrogen and oxygen atoms in total. The van der Waals surface area contributed by atoms with Crippen molar-refractivity contribution >= 4 is 18.1 Å². The number of nitriles is 1. The van der Waals surface area contributed by atoms with Gasteiger partial charge < -0.3 is 9.47 Å². The number of rotatable bonds is 5. The largest absolute Gasteiger partial charge is 0.482 e. The third kappa shape index (κ3) is 7.05. The first-order valence-corrected chi connectivity index (χ1v) is 6.48. The molecule has 0 fully saturated rings. The van der Waals surface area contributed by atoms with Gasteiger partial charge in [0.1, 0.15) is 11.4 Å². The van der Waals surface area contributed by atoms with Crippen LogP contribution in [0.25, 0.3) is 0 Å². The molecule has 7 heteroatoms. The van der Waals surface area contributed by atoms with E-state index in [4.69, 9.17) is 14.7 Å². The second-order valence-electron chi connectivity index (χ2n) is 5.26. The normalized spacial score (nSPS) is 10.8. The van der Waals surface area contributed by atoms with Crippen molar-refractivity contribution in [2.75, 3.05) is 6.61 Å². The van der Waals surface area contributed by atoms with Crippen LogP contribution in [0.1, 0.15) is 26.3 Å². The van der Waals surface area contributed by atoms with E-state index in [0.29, 0.717) is 11.3 Å². The first kappa shape index (κ1) is 17.2. The monoisotopic (exact) mass is 303 g/mol. The van der Waals surface area contributed by atoms with Gasteiger partial charge in [-0.25, -0.2) is 10.2 Å². The number of benzene rings is 1. The van der Waals surface area contributed by atoms with E-state index in [1.165, 1.54) is 12.3 Å². The summed E-state index contributed by atoms with van der Waals surface area (Å²) in [5, 5.41) is 11.8. The Kier molecular flexibility index (Phi) is 6.08. The molecule has 0 saturated heterocycles. The van der Waals surface area contributed by atoms with E-state index in [2.05, 4.69) is 5.10 Å². The summed E-state index contributed by atoms with van der Waals surface area (Å²) in [6.45, 7) is 5.17. The fourth-order valence-corrected chi connectivity index (χ4v) is 1.35. The van der Waals surface area contributed by atoms with Crippen LogP contribution in [0.5, 0.6) is 5.75 Å². The highest BCUT2D eigenvalue weighted by Gasteiger charge is 2.16. The summed E-state index contributed by atoms with van der Waals surface area (Å²) in [5.41, 5.74) is 2.18. The molecule has 0 bridgehead atoms. The van der Waals surface area contributed by atoms with E-state index in [9.17, 15) is 9.59 Å². The Morgan fingerprint density at radius 2 is 1.95 bits per heavy atom. The Bertz CT molecular complexity index is 595. The fraction of sp³-hybridized carbons (Fsp3) is 0.333. The number of nitrogens with zero attached hydrogens (tertiary/aromatic N) is 2. The van der Waals surface area contributed by atoms with Gasteiger partial charge in [-0.05, 0) is 50.6 Å². The minimum Gasteiger partial charge on any atom is -0.482 e. The molecule has 0 heterocycles. The van der Waals surface area contributed by atoms with Gasteiger partial charge in [0, 0.05) is 0 Å². The molecule has 1 aromatic carbocycles. The minimum atomic E-state index is -0.839. The number of hydrogen-bond donors (Lipinski definition) is 1. The van der Waals surface area contributed by atoms with Gasteiger partial charge in [-0.15, -0.1) is 0 Å². The Hall–Kier alpha value is -2.88. The van der Waals surface area contributed by atoms with E-state index in [1.54, 1.807) is 45.0 Å². The molecule has 0 aliphatic heterocycles. The molecular formula is C15H17N3O4. The number of amides is 1. The first-order chi connectivity index (χ1) is 10.3. The lowest BCUT2D eigenvalue weighted by molar-refractivity contribution is -0.157. The van der Waals surface area contributed by atoms with Gasteiger partial charge in [-0.1, -0.05) is 0 Å². The van der Waals surface area contributed by atoms with Gasteiger partial charge >= 0.3 is 11.9 Å². The van der Waals surface area contributed by atoms with Gasteiger partial charge in [-0.3, -0.25) is 4.79 Å². The number of nitrogens with one attached hydrogen (secondary N) is 1. The summed E-state index contributed by atoms with van der Waals surface area (Å²) >= 11 is 0. The number of carbonyl (C=O) groups is 2. The molecule has 0 aliphatic rings. The summed E-state index contributed by atoms with van der Waals surface area (Å²) in [5.74, 6) is -0.782. The number of ether oxygens (including phenoxy) is 2. The van der Waals surface area contributed by atoms with Gasteiger partial charge in [-0.2, -0.15) is 10.4 Å². The van der Waals surface area contributed by atoms with Crippen LogP contribution in [0.2, 0.25) is 0 Å². The third-order valence-electron chi connectivity index (χ3n) is 2.14. The van der Waals surface area contributed by atoms with Gasteiger partial charge in [0.15, 0.2) is 12.7 Å².